The minimum Gasteiger partial charge on any atom is -0.463 e. The maximum absolute atomic E-state index is 13.2. The van der Waals surface area contributed by atoms with Crippen molar-refractivity contribution in [2.24, 2.45) is 16.2 Å². The van der Waals surface area contributed by atoms with Crippen LogP contribution in [0.2, 0.25) is 0 Å². The molecule has 0 aliphatic carbocycles. The molecule has 8 aromatic carbocycles. The molecule has 14 nitrogen and oxygen atoms in total. The second kappa shape index (κ2) is 31.0. The Morgan fingerprint density at radius 3 is 1.12 bits per heavy atom. The summed E-state index contributed by atoms with van der Waals surface area (Å²) >= 11 is 0. The quantitative estimate of drug-likeness (QED) is 0.0137. The van der Waals surface area contributed by atoms with Crippen molar-refractivity contribution in [1.29, 1.82) is 0 Å². The SMILES string of the molecule is C=C(C)C(=O)OCCOCCOCCOC.CCC(C)(C)C(=O)OCc1cc2cccc3ccc4cccc1c4c32.COCCOCCOCCOC(=O)C(C)(C)CCC(C)(C)C(=O)OCc1cc2cccc3ccc4cccc1c4c32. The number of carbonyl (C=O) groups is 4. The fraction of sp³-hybridized carbons (Fsp3) is 0.441. The number of carbonyl (C=O) groups excluding carboxylic acids is 4. The summed E-state index contributed by atoms with van der Waals surface area (Å²) in [4.78, 5) is 49.3. The van der Waals surface area contributed by atoms with Crippen molar-refractivity contribution in [1.82, 2.24) is 0 Å². The molecule has 0 aliphatic rings. The van der Waals surface area contributed by atoms with Crippen molar-refractivity contribution in [2.75, 3.05) is 93.5 Å². The Hall–Kier alpha value is -6.78. The summed E-state index contributed by atoms with van der Waals surface area (Å²) in [7, 11) is 3.24. The van der Waals surface area contributed by atoms with Gasteiger partial charge in [-0.3, -0.25) is 14.4 Å². The first-order valence-corrected chi connectivity index (χ1v) is 28.3. The highest BCUT2D eigenvalue weighted by Gasteiger charge is 2.36. The van der Waals surface area contributed by atoms with Gasteiger partial charge in [-0.25, -0.2) is 4.79 Å². The van der Waals surface area contributed by atoms with Gasteiger partial charge in [-0.2, -0.15) is 0 Å². The highest BCUT2D eigenvalue weighted by Crippen LogP contribution is 2.39. The molecule has 0 heterocycles. The Labute approximate surface area is 483 Å². The standard InChI is InChI=1S/C34H42O7.C23H22O2.C11H20O5/c1-33(2,31(35)40-21-20-39-19-18-38-17-16-37-5)14-15-34(3,4)32(36)41-23-27-22-26-10-6-8-24-12-13-25-9-7-11-28(27)30(25)29(24)26;1-4-23(2,3)22(24)25-14-18-13-17-9-5-7-15-11-12-16-8-6-10-19(18)21(16)20(15)17;1-10(2)11(12)16-9-8-15-7-6-14-5-4-13-3/h6-13,22H,14-21,23H2,1-5H3;5-13H,4,14H2,1-3H3;1,4-9H2,2-3H3. The molecule has 14 heteroatoms. The summed E-state index contributed by atoms with van der Waals surface area (Å²) in [5.41, 5.74) is 0.491. The van der Waals surface area contributed by atoms with Gasteiger partial charge in [0, 0.05) is 19.8 Å². The lowest BCUT2D eigenvalue weighted by Gasteiger charge is -2.28. The third-order valence-corrected chi connectivity index (χ3v) is 14.7. The van der Waals surface area contributed by atoms with Crippen molar-refractivity contribution in [3.05, 3.63) is 132 Å². The van der Waals surface area contributed by atoms with Crippen LogP contribution in [0.5, 0.6) is 0 Å². The second-order valence-electron chi connectivity index (χ2n) is 22.3. The van der Waals surface area contributed by atoms with Gasteiger partial charge in [0.1, 0.15) is 26.4 Å². The van der Waals surface area contributed by atoms with E-state index in [0.29, 0.717) is 91.1 Å². The van der Waals surface area contributed by atoms with E-state index >= 15 is 0 Å². The van der Waals surface area contributed by atoms with Gasteiger partial charge in [0.25, 0.3) is 0 Å². The fourth-order valence-electron chi connectivity index (χ4n) is 9.20. The van der Waals surface area contributed by atoms with Crippen LogP contribution >= 0.6 is 0 Å². The van der Waals surface area contributed by atoms with Crippen LogP contribution in [0.4, 0.5) is 0 Å². The summed E-state index contributed by atoms with van der Waals surface area (Å²) in [6, 6.07) is 38.2. The van der Waals surface area contributed by atoms with E-state index in [4.69, 9.17) is 47.4 Å². The van der Waals surface area contributed by atoms with Crippen molar-refractivity contribution in [2.45, 2.75) is 87.9 Å². The monoisotopic (exact) mass is 1120 g/mol. The summed E-state index contributed by atoms with van der Waals surface area (Å²) in [5.74, 6) is -1.12. The topological polar surface area (TPSA) is 161 Å². The number of esters is 4. The first-order chi connectivity index (χ1) is 39.3. The van der Waals surface area contributed by atoms with E-state index in [2.05, 4.69) is 110 Å². The fourth-order valence-corrected chi connectivity index (χ4v) is 9.20. The Balaban J connectivity index is 0.000000223. The van der Waals surface area contributed by atoms with Gasteiger partial charge < -0.3 is 47.4 Å². The van der Waals surface area contributed by atoms with Crippen LogP contribution in [-0.4, -0.2) is 117 Å². The summed E-state index contributed by atoms with van der Waals surface area (Å²) in [5, 5.41) is 14.4. The Bertz CT molecular complexity index is 3340. The van der Waals surface area contributed by atoms with E-state index in [1.165, 1.54) is 53.9 Å². The highest BCUT2D eigenvalue weighted by atomic mass is 16.6. The zero-order valence-electron chi connectivity index (χ0n) is 49.8. The lowest BCUT2D eigenvalue weighted by Crippen LogP contribution is -2.32. The van der Waals surface area contributed by atoms with E-state index in [0.717, 1.165) is 28.3 Å². The number of ether oxygens (including phenoxy) is 10. The summed E-state index contributed by atoms with van der Waals surface area (Å²) in [6.07, 6.45) is 1.74. The van der Waals surface area contributed by atoms with Crippen molar-refractivity contribution < 1.29 is 66.5 Å². The average molecular weight is 1130 g/mol. The molecule has 0 fully saturated rings. The Morgan fingerprint density at radius 1 is 0.402 bits per heavy atom. The molecule has 0 unspecified atom stereocenters. The van der Waals surface area contributed by atoms with E-state index in [1.54, 1.807) is 21.1 Å². The molecule has 0 amide bonds. The van der Waals surface area contributed by atoms with Crippen molar-refractivity contribution in [3.8, 4) is 0 Å². The Morgan fingerprint density at radius 2 is 0.732 bits per heavy atom. The molecule has 0 spiro atoms. The maximum Gasteiger partial charge on any atom is 0.333 e. The predicted octanol–water partition coefficient (Wildman–Crippen LogP) is 13.5. The molecule has 0 aromatic heterocycles. The van der Waals surface area contributed by atoms with Crippen LogP contribution in [-0.2, 0) is 79.8 Å². The number of rotatable bonds is 30. The molecule has 82 heavy (non-hydrogen) atoms. The van der Waals surface area contributed by atoms with E-state index < -0.39 is 16.2 Å². The molecule has 0 saturated heterocycles. The van der Waals surface area contributed by atoms with Crippen LogP contribution in [0.1, 0.15) is 85.8 Å². The molecule has 0 radical (unpaired) electrons. The predicted molar refractivity (Wildman–Crippen MR) is 325 cm³/mol. The van der Waals surface area contributed by atoms with Gasteiger partial charge in [-0.15, -0.1) is 0 Å². The third-order valence-electron chi connectivity index (χ3n) is 14.7. The van der Waals surface area contributed by atoms with Crippen LogP contribution in [0.3, 0.4) is 0 Å². The third kappa shape index (κ3) is 17.6. The number of benzene rings is 8. The molecule has 0 atom stereocenters. The zero-order valence-corrected chi connectivity index (χ0v) is 49.8. The van der Waals surface area contributed by atoms with Crippen LogP contribution in [0.15, 0.2) is 121 Å². The molecular weight excluding hydrogens is 1040 g/mol. The minimum absolute atomic E-state index is 0.139. The maximum atomic E-state index is 13.2. The molecule has 440 valence electrons. The van der Waals surface area contributed by atoms with Gasteiger partial charge in [-0.05, 0) is 156 Å². The molecule has 0 saturated carbocycles. The van der Waals surface area contributed by atoms with Crippen LogP contribution in [0.25, 0.3) is 64.6 Å². The first-order valence-electron chi connectivity index (χ1n) is 28.3. The van der Waals surface area contributed by atoms with Gasteiger partial charge in [0.2, 0.25) is 0 Å². The molecule has 8 aromatic rings. The molecule has 0 aliphatic heterocycles. The van der Waals surface area contributed by atoms with Crippen molar-refractivity contribution in [3.63, 3.8) is 0 Å². The first kappa shape index (κ1) is 64.4. The second-order valence-corrected chi connectivity index (χ2v) is 22.3. The number of hydrogen-bond donors (Lipinski definition) is 0. The van der Waals surface area contributed by atoms with Crippen LogP contribution in [0, 0.1) is 16.2 Å². The molecule has 0 bridgehead atoms. The molecular formula is C68H84O14. The Kier molecular flexibility index (Phi) is 24.4. The van der Waals surface area contributed by atoms with Crippen molar-refractivity contribution >= 4 is 88.5 Å². The smallest absolute Gasteiger partial charge is 0.333 e. The number of methoxy groups -OCH3 is 2. The summed E-state index contributed by atoms with van der Waals surface area (Å²) < 4.78 is 52.7. The van der Waals surface area contributed by atoms with Crippen LogP contribution < -0.4 is 0 Å². The van der Waals surface area contributed by atoms with E-state index in [1.807, 2.05) is 54.5 Å². The average Bonchev–Trinajstić information content (AvgIpc) is 3.06. The largest absolute Gasteiger partial charge is 0.463 e. The van der Waals surface area contributed by atoms with E-state index in [-0.39, 0.29) is 43.7 Å². The van der Waals surface area contributed by atoms with Gasteiger partial charge in [0.05, 0.1) is 82.3 Å². The normalized spacial score (nSPS) is 11.9. The van der Waals surface area contributed by atoms with Gasteiger partial charge in [-0.1, -0.05) is 111 Å². The van der Waals surface area contributed by atoms with Gasteiger partial charge >= 0.3 is 23.9 Å². The molecule has 0 N–H and O–H groups in total. The highest BCUT2D eigenvalue weighted by molar-refractivity contribution is 6.25. The summed E-state index contributed by atoms with van der Waals surface area (Å²) in [6.45, 7) is 24.0. The lowest BCUT2D eigenvalue weighted by atomic mass is 9.79. The lowest BCUT2D eigenvalue weighted by molar-refractivity contribution is -0.160. The zero-order chi connectivity index (χ0) is 59.3. The minimum atomic E-state index is -0.761. The van der Waals surface area contributed by atoms with E-state index in [9.17, 15) is 19.2 Å². The molecule has 8 rings (SSSR count). The van der Waals surface area contributed by atoms with Gasteiger partial charge in [0.15, 0.2) is 0 Å². The number of hydrogen-bond acceptors (Lipinski definition) is 14.